The van der Waals surface area contributed by atoms with Gasteiger partial charge >= 0.3 is 0 Å². The maximum atomic E-state index is 6.10. The number of ether oxygens (including phenoxy) is 1. The van der Waals surface area contributed by atoms with Crippen molar-refractivity contribution in [3.63, 3.8) is 0 Å². The molecule has 1 saturated heterocycles. The molecule has 1 aromatic heterocycles. The standard InChI is InChI=1S/C17H30N6O/c1-17(2,3)24-13-7-10-22(11-8-13)16(18-4)19-12-15-21-20-14-6-5-9-23(14)15/h13H,5-12H2,1-4H3,(H,18,19). The summed E-state index contributed by atoms with van der Waals surface area (Å²) in [4.78, 5) is 6.75. The number of hydrogen-bond acceptors (Lipinski definition) is 4. The highest BCUT2D eigenvalue weighted by Crippen LogP contribution is 2.20. The Bertz CT molecular complexity index is 580. The summed E-state index contributed by atoms with van der Waals surface area (Å²) in [5, 5.41) is 12.0. The lowest BCUT2D eigenvalue weighted by Gasteiger charge is -2.36. The highest BCUT2D eigenvalue weighted by molar-refractivity contribution is 5.79. The van der Waals surface area contributed by atoms with Gasteiger partial charge in [-0.15, -0.1) is 10.2 Å². The van der Waals surface area contributed by atoms with Crippen LogP contribution in [-0.4, -0.2) is 57.5 Å². The van der Waals surface area contributed by atoms with Crippen LogP contribution in [0.5, 0.6) is 0 Å². The van der Waals surface area contributed by atoms with E-state index in [1.165, 1.54) is 6.42 Å². The van der Waals surface area contributed by atoms with Gasteiger partial charge in [0.15, 0.2) is 11.8 Å². The molecule has 0 radical (unpaired) electrons. The Balaban J connectivity index is 1.50. The number of likely N-dealkylation sites (tertiary alicyclic amines) is 1. The van der Waals surface area contributed by atoms with E-state index in [-0.39, 0.29) is 5.60 Å². The lowest BCUT2D eigenvalue weighted by atomic mass is 10.1. The molecule has 0 bridgehead atoms. The van der Waals surface area contributed by atoms with Crippen LogP contribution in [0.2, 0.25) is 0 Å². The lowest BCUT2D eigenvalue weighted by Crippen LogP contribution is -2.47. The number of nitrogens with one attached hydrogen (secondary N) is 1. The second-order valence-corrected chi connectivity index (χ2v) is 7.61. The molecule has 7 heteroatoms. The Hall–Kier alpha value is -1.63. The lowest BCUT2D eigenvalue weighted by molar-refractivity contribution is -0.0772. The maximum Gasteiger partial charge on any atom is 0.194 e. The normalized spacial score (nSPS) is 19.7. The third kappa shape index (κ3) is 4.06. The number of hydrogen-bond donors (Lipinski definition) is 1. The van der Waals surface area contributed by atoms with E-state index in [1.54, 1.807) is 0 Å². The third-order valence-corrected chi connectivity index (χ3v) is 4.56. The summed E-state index contributed by atoms with van der Waals surface area (Å²) in [5.41, 5.74) is -0.0686. The molecule has 24 heavy (non-hydrogen) atoms. The van der Waals surface area contributed by atoms with Crippen LogP contribution in [0, 0.1) is 0 Å². The largest absolute Gasteiger partial charge is 0.372 e. The first kappa shape index (κ1) is 17.2. The molecule has 1 N–H and O–H groups in total. The van der Waals surface area contributed by atoms with E-state index in [0.717, 1.165) is 56.5 Å². The topological polar surface area (TPSA) is 67.6 Å². The Labute approximate surface area is 144 Å². The molecule has 0 aliphatic carbocycles. The molecule has 2 aliphatic rings. The van der Waals surface area contributed by atoms with Gasteiger partial charge in [-0.1, -0.05) is 0 Å². The highest BCUT2D eigenvalue weighted by atomic mass is 16.5. The highest BCUT2D eigenvalue weighted by Gasteiger charge is 2.26. The van der Waals surface area contributed by atoms with Crippen LogP contribution in [0.25, 0.3) is 0 Å². The molecule has 0 saturated carbocycles. The van der Waals surface area contributed by atoms with Crippen molar-refractivity contribution in [3.8, 4) is 0 Å². The molecule has 3 heterocycles. The van der Waals surface area contributed by atoms with Gasteiger partial charge in [-0.25, -0.2) is 0 Å². The zero-order valence-electron chi connectivity index (χ0n) is 15.4. The maximum absolute atomic E-state index is 6.10. The van der Waals surface area contributed by atoms with Gasteiger partial charge in [0.2, 0.25) is 0 Å². The predicted octanol–water partition coefficient (Wildman–Crippen LogP) is 1.58. The van der Waals surface area contributed by atoms with Crippen molar-refractivity contribution in [1.29, 1.82) is 0 Å². The third-order valence-electron chi connectivity index (χ3n) is 4.56. The summed E-state index contributed by atoms with van der Waals surface area (Å²) in [5.74, 6) is 3.07. The van der Waals surface area contributed by atoms with Crippen LogP contribution in [0.15, 0.2) is 4.99 Å². The summed E-state index contributed by atoms with van der Waals surface area (Å²) in [6.07, 6.45) is 4.65. The van der Waals surface area contributed by atoms with Gasteiger partial charge in [-0.2, -0.15) is 0 Å². The summed E-state index contributed by atoms with van der Waals surface area (Å²) < 4.78 is 8.33. The van der Waals surface area contributed by atoms with Gasteiger partial charge in [0.25, 0.3) is 0 Å². The number of aliphatic imine (C=N–C) groups is 1. The number of piperidine rings is 1. The van der Waals surface area contributed by atoms with Gasteiger partial charge < -0.3 is 19.5 Å². The fraction of sp³-hybridized carbons (Fsp3) is 0.824. The first-order chi connectivity index (χ1) is 11.5. The average Bonchev–Trinajstić information content (AvgIpc) is 3.12. The molecular formula is C17H30N6O. The van der Waals surface area contributed by atoms with E-state index in [9.17, 15) is 0 Å². The molecular weight excluding hydrogens is 304 g/mol. The summed E-state index contributed by atoms with van der Waals surface area (Å²) in [7, 11) is 1.84. The summed E-state index contributed by atoms with van der Waals surface area (Å²) >= 11 is 0. The van der Waals surface area contributed by atoms with Crippen molar-refractivity contribution >= 4 is 5.96 Å². The van der Waals surface area contributed by atoms with E-state index < -0.39 is 0 Å². The molecule has 2 aliphatic heterocycles. The van der Waals surface area contributed by atoms with Crippen LogP contribution in [0.3, 0.4) is 0 Å². The van der Waals surface area contributed by atoms with Crippen molar-refractivity contribution in [1.82, 2.24) is 25.0 Å². The second-order valence-electron chi connectivity index (χ2n) is 7.61. The van der Waals surface area contributed by atoms with E-state index in [1.807, 2.05) is 7.05 Å². The summed E-state index contributed by atoms with van der Waals surface area (Å²) in [6.45, 7) is 10.0. The van der Waals surface area contributed by atoms with Gasteiger partial charge in [-0.3, -0.25) is 4.99 Å². The average molecular weight is 334 g/mol. The fourth-order valence-electron chi connectivity index (χ4n) is 3.52. The van der Waals surface area contributed by atoms with Crippen LogP contribution < -0.4 is 5.32 Å². The molecule has 0 unspecified atom stereocenters. The number of rotatable bonds is 3. The Kier molecular flexibility index (Phi) is 5.08. The monoisotopic (exact) mass is 334 g/mol. The molecule has 3 rings (SSSR count). The molecule has 0 spiro atoms. The number of aromatic nitrogens is 3. The Morgan fingerprint density at radius 2 is 2.00 bits per heavy atom. The smallest absolute Gasteiger partial charge is 0.194 e. The second kappa shape index (κ2) is 7.09. The zero-order chi connectivity index (χ0) is 17.2. The minimum absolute atomic E-state index is 0.0686. The van der Waals surface area contributed by atoms with Crippen molar-refractivity contribution in [2.24, 2.45) is 4.99 Å². The number of nitrogens with zero attached hydrogens (tertiary/aromatic N) is 5. The zero-order valence-corrected chi connectivity index (χ0v) is 15.4. The Morgan fingerprint density at radius 1 is 1.25 bits per heavy atom. The quantitative estimate of drug-likeness (QED) is 0.671. The SMILES string of the molecule is CN=C(NCc1nnc2n1CCC2)N1CCC(OC(C)(C)C)CC1. The molecule has 134 valence electrons. The molecule has 0 aromatic carbocycles. The Morgan fingerprint density at radius 3 is 2.67 bits per heavy atom. The van der Waals surface area contributed by atoms with Gasteiger partial charge in [-0.05, 0) is 40.0 Å². The van der Waals surface area contributed by atoms with Crippen molar-refractivity contribution in [2.45, 2.75) is 71.2 Å². The first-order valence-electron chi connectivity index (χ1n) is 9.00. The van der Waals surface area contributed by atoms with Crippen LogP contribution in [0.4, 0.5) is 0 Å². The van der Waals surface area contributed by atoms with E-state index in [4.69, 9.17) is 4.74 Å². The van der Waals surface area contributed by atoms with Crippen LogP contribution >= 0.6 is 0 Å². The van der Waals surface area contributed by atoms with E-state index in [0.29, 0.717) is 12.6 Å². The molecule has 1 fully saturated rings. The number of fused-ring (bicyclic) bond motifs is 1. The summed E-state index contributed by atoms with van der Waals surface area (Å²) in [6, 6.07) is 0. The van der Waals surface area contributed by atoms with Gasteiger partial charge in [0.05, 0.1) is 18.2 Å². The molecule has 1 aromatic rings. The number of aryl methyl sites for hydroxylation is 1. The molecule has 0 amide bonds. The van der Waals surface area contributed by atoms with Crippen LogP contribution in [0.1, 0.15) is 51.7 Å². The van der Waals surface area contributed by atoms with E-state index in [2.05, 4.69) is 50.7 Å². The fourth-order valence-corrected chi connectivity index (χ4v) is 3.52. The number of guanidine groups is 1. The van der Waals surface area contributed by atoms with Crippen molar-refractivity contribution in [2.75, 3.05) is 20.1 Å². The predicted molar refractivity (Wildman–Crippen MR) is 94.0 cm³/mol. The van der Waals surface area contributed by atoms with Crippen LogP contribution in [-0.2, 0) is 24.2 Å². The molecule has 0 atom stereocenters. The molecule has 7 nitrogen and oxygen atoms in total. The first-order valence-corrected chi connectivity index (χ1v) is 9.00. The minimum atomic E-state index is -0.0686. The van der Waals surface area contributed by atoms with Crippen molar-refractivity contribution in [3.05, 3.63) is 11.6 Å². The van der Waals surface area contributed by atoms with Gasteiger partial charge in [0, 0.05) is 33.1 Å². The van der Waals surface area contributed by atoms with E-state index >= 15 is 0 Å². The van der Waals surface area contributed by atoms with Gasteiger partial charge in [0.1, 0.15) is 5.82 Å². The minimum Gasteiger partial charge on any atom is -0.372 e. The van der Waals surface area contributed by atoms with Crippen molar-refractivity contribution < 1.29 is 4.74 Å².